The molecule has 9 aliphatic rings. The molecule has 7 unspecified atom stereocenters. The molecule has 29 nitrogen and oxygen atoms in total. The van der Waals surface area contributed by atoms with E-state index in [2.05, 4.69) is 18.9 Å². The summed E-state index contributed by atoms with van der Waals surface area (Å²) in [5.41, 5.74) is 0.173. The Hall–Kier alpha value is -11.2. The number of benzene rings is 7. The summed E-state index contributed by atoms with van der Waals surface area (Å²) in [5, 5.41) is 1.29. The molecule has 9 aliphatic carbocycles. The van der Waals surface area contributed by atoms with Gasteiger partial charge >= 0.3 is 72.5 Å². The second kappa shape index (κ2) is 39.1. The minimum Gasteiger partial charge on any atom is -0.748 e. The molecule has 0 aromatic heterocycles. The molecule has 7 aromatic rings. The van der Waals surface area contributed by atoms with Crippen LogP contribution in [0, 0.1) is 74.0 Å². The number of ether oxygens (including phenoxy) is 8. The van der Waals surface area contributed by atoms with Gasteiger partial charge < -0.3 is 56.1 Å². The lowest BCUT2D eigenvalue weighted by molar-refractivity contribution is -0.197. The Morgan fingerprint density at radius 2 is 0.682 bits per heavy atom. The molecule has 16 rings (SSSR count). The molecular formula is C87H78F12O29S4-4. The van der Waals surface area contributed by atoms with Crippen LogP contribution in [0.2, 0.25) is 0 Å². The number of carbonyl (C=O) groups excluding carboxylic acids is 9. The van der Waals surface area contributed by atoms with Crippen LogP contribution in [0.1, 0.15) is 162 Å². The van der Waals surface area contributed by atoms with Crippen molar-refractivity contribution in [1.29, 1.82) is 0 Å². The number of fused-ring (bicyclic) bond motifs is 2. The lowest BCUT2D eigenvalue weighted by atomic mass is 9.49. The minimum atomic E-state index is -5.36. The lowest BCUT2D eigenvalue weighted by Crippen LogP contribution is -2.55. The molecule has 0 radical (unpaired) electrons. The van der Waals surface area contributed by atoms with Crippen molar-refractivity contribution in [2.24, 2.45) is 46.3 Å². The van der Waals surface area contributed by atoms with Gasteiger partial charge in [-0.1, -0.05) is 97.1 Å². The van der Waals surface area contributed by atoms with E-state index in [0.29, 0.717) is 89.5 Å². The Morgan fingerprint density at radius 1 is 0.371 bits per heavy atom. The van der Waals surface area contributed by atoms with Crippen LogP contribution in [0.4, 0.5) is 52.7 Å². The van der Waals surface area contributed by atoms with Gasteiger partial charge in [-0.2, -0.15) is 52.7 Å². The first-order chi connectivity index (χ1) is 61.1. The van der Waals surface area contributed by atoms with Gasteiger partial charge in [0.25, 0.3) is 0 Å². The molecule has 8 fully saturated rings. The molecular weight excluding hydrogens is 1870 g/mol. The van der Waals surface area contributed by atoms with Crippen molar-refractivity contribution in [3.8, 4) is 23.0 Å². The average Bonchev–Trinajstić information content (AvgIpc) is 0.798. The van der Waals surface area contributed by atoms with E-state index >= 15 is 0 Å². The SMILES string of the molecule is Cc1ccc(C(=O)OC(CS(=O)(=O)[O-])C(F)(F)F)c(OC(=O)C23CC4CC(C2)C(=O)C(C4)C3)c1.Cc1ccc(C(=O)OC(CS(=O)(=O)[O-])C(F)(F)F)c(OC(=O)C23CC4CC(CC(C4)C2)C3)c1.Cc1ccc(C(=O)OC(CS(=O)(=O)[O-])C(F)(F)F)c(OC(=O)C2C=Cc3ccccc32)c1.Cc1ccc(C(=O)OC(CS(=O)(=O)[O-])C(F)(F)F)c(OC(=O)c2cccc3ccccc23)c1. The van der Waals surface area contributed by atoms with Crippen LogP contribution in [0.15, 0.2) is 146 Å². The van der Waals surface area contributed by atoms with Crippen LogP contribution < -0.4 is 18.9 Å². The van der Waals surface area contributed by atoms with E-state index in [1.54, 1.807) is 101 Å². The van der Waals surface area contributed by atoms with E-state index in [9.17, 15) is 148 Å². The maximum absolute atomic E-state index is 13.2. The van der Waals surface area contributed by atoms with E-state index in [0.717, 1.165) is 67.3 Å². The maximum atomic E-state index is 13.2. The summed E-state index contributed by atoms with van der Waals surface area (Å²) < 4.78 is 326. The summed E-state index contributed by atoms with van der Waals surface area (Å²) in [7, 11) is -21.4. The van der Waals surface area contributed by atoms with E-state index in [1.807, 2.05) is 0 Å². The zero-order valence-electron chi connectivity index (χ0n) is 69.4. The van der Waals surface area contributed by atoms with Gasteiger partial charge in [-0.05, 0) is 221 Å². The number of Topliss-reactive ketones (excluding diaryl/α,β-unsaturated/α-hetero) is 1. The van der Waals surface area contributed by atoms with Crippen molar-refractivity contribution in [2.45, 2.75) is 153 Å². The summed E-state index contributed by atoms with van der Waals surface area (Å²) in [4.78, 5) is 114. The average molecular weight is 1940 g/mol. The largest absolute Gasteiger partial charge is 0.748 e. The Labute approximate surface area is 745 Å². The molecule has 8 saturated carbocycles. The van der Waals surface area contributed by atoms with E-state index in [1.165, 1.54) is 54.6 Å². The van der Waals surface area contributed by atoms with E-state index in [4.69, 9.17) is 18.9 Å². The van der Waals surface area contributed by atoms with Crippen molar-refractivity contribution in [2.75, 3.05) is 23.0 Å². The number of hydrogen-bond donors (Lipinski definition) is 0. The van der Waals surface area contributed by atoms with Crippen LogP contribution in [0.3, 0.4) is 0 Å². The second-order valence-electron chi connectivity index (χ2n) is 33.4. The zero-order valence-corrected chi connectivity index (χ0v) is 72.7. The van der Waals surface area contributed by atoms with E-state index < -0.39 is 199 Å². The fraction of sp³-hybridized carbons (Fsp3) is 0.414. The predicted molar refractivity (Wildman–Crippen MR) is 430 cm³/mol. The highest BCUT2D eigenvalue weighted by Crippen LogP contribution is 2.62. The molecule has 7 aromatic carbocycles. The smallest absolute Gasteiger partial charge is 0.426 e. The number of aryl methyl sites for hydroxylation is 4. The molecule has 0 N–H and O–H groups in total. The van der Waals surface area contributed by atoms with Gasteiger partial charge in [-0.15, -0.1) is 0 Å². The van der Waals surface area contributed by atoms with Crippen LogP contribution >= 0.6 is 0 Å². The van der Waals surface area contributed by atoms with Crippen molar-refractivity contribution < 1.29 is 186 Å². The quantitative estimate of drug-likeness (QED) is 0.0178. The van der Waals surface area contributed by atoms with Crippen molar-refractivity contribution in [3.63, 3.8) is 0 Å². The predicted octanol–water partition coefficient (Wildman–Crippen LogP) is 14.0. The number of hydrogen-bond acceptors (Lipinski definition) is 29. The standard InChI is InChI=1S/C22H23F3O8S.C22H25F3O7S.C22H17F3O7S.C21H17F3O7S/c1-11-2-3-15(19(27)33-17(22(23,24)25)10-34(29,30)31)16(4-11)32-20(28)21-7-12-5-13(8-21)18(26)14(6-12)9-21;1-12-2-3-16(19(26)32-18(22(23,24)25)11-33(28,29)30)17(4-12)31-20(27)21-8-13-5-14(9-21)7-15(6-13)10-21;1-13-9-10-17(21(27)32-19(22(23,24)25)12-33(28,29)30)18(11-13)31-20(26)16-8-4-6-14-5-2-3-7-15(14)16;1-12-6-8-16(20(26)31-18(21(22,23)24)11-32(27,28)29)17(10-12)30-19(25)15-9-7-13-4-2-3-5-14(13)15/h2-4,12-14,17H,5-10H2,1H3,(H,29,30,31);2-4,13-15,18H,5-11H2,1H3,(H,28,29,30);2-11,19H,12H2,1H3,(H,28,29,30);2-10,15,18H,11H2,1H3,(H,27,28,29)/p-4. The second-order valence-corrected chi connectivity index (χ2v) is 39.2. The van der Waals surface area contributed by atoms with Crippen LogP contribution in [0.5, 0.6) is 23.0 Å². The number of ketones is 1. The fourth-order valence-electron chi connectivity index (χ4n) is 17.8. The van der Waals surface area contributed by atoms with Crippen LogP contribution in [-0.2, 0) is 78.6 Å². The molecule has 0 spiro atoms. The molecule has 0 saturated heterocycles. The van der Waals surface area contributed by atoms with Gasteiger partial charge in [0.1, 0.15) is 57.0 Å². The van der Waals surface area contributed by atoms with Crippen molar-refractivity contribution >= 4 is 111 Å². The minimum absolute atomic E-state index is 0.152. The van der Waals surface area contributed by atoms with Gasteiger partial charge in [-0.25, -0.2) is 57.6 Å². The van der Waals surface area contributed by atoms with Gasteiger partial charge in [0.2, 0.25) is 24.4 Å². The topological polar surface area (TPSA) is 456 Å². The summed E-state index contributed by atoms with van der Waals surface area (Å²) in [6, 6.07) is 33.9. The fourth-order valence-corrected chi connectivity index (χ4v) is 20.3. The number of halogens is 12. The van der Waals surface area contributed by atoms with Gasteiger partial charge in [0.15, 0.2) is 0 Å². The summed E-state index contributed by atoms with van der Waals surface area (Å²) in [6.45, 7) is 6.45. The zero-order chi connectivity index (χ0) is 97.3. The third-order valence-corrected chi connectivity index (χ3v) is 25.9. The number of esters is 8. The Morgan fingerprint density at radius 3 is 1.04 bits per heavy atom. The summed E-state index contributed by atoms with van der Waals surface area (Å²) in [5.74, 6) is -17.9. The van der Waals surface area contributed by atoms with Crippen LogP contribution in [-0.4, -0.2) is 178 Å². The van der Waals surface area contributed by atoms with Crippen molar-refractivity contribution in [3.05, 3.63) is 207 Å². The first kappa shape index (κ1) is 101. The molecule has 712 valence electrons. The molecule has 0 heterocycles. The van der Waals surface area contributed by atoms with Crippen molar-refractivity contribution in [1.82, 2.24) is 0 Å². The highest BCUT2D eigenvalue weighted by Gasteiger charge is 2.60. The maximum Gasteiger partial charge on any atom is 0.426 e. The molecule has 45 heteroatoms. The monoisotopic (exact) mass is 1940 g/mol. The number of rotatable bonds is 24. The molecule has 8 bridgehead atoms. The van der Waals surface area contributed by atoms with Gasteiger partial charge in [-0.3, -0.25) is 19.2 Å². The molecule has 0 amide bonds. The molecule has 132 heavy (non-hydrogen) atoms. The number of carbonyl (C=O) groups is 9. The Bertz CT molecular complexity index is 6130. The Balaban J connectivity index is 0.000000170. The summed E-state index contributed by atoms with van der Waals surface area (Å²) >= 11 is 0. The highest BCUT2D eigenvalue weighted by atomic mass is 32.2. The highest BCUT2D eigenvalue weighted by molar-refractivity contribution is 7.86. The summed E-state index contributed by atoms with van der Waals surface area (Å²) in [6.07, 6.45) is -22.5. The lowest BCUT2D eigenvalue weighted by Gasteiger charge is -2.55. The third-order valence-electron chi connectivity index (χ3n) is 23.1. The van der Waals surface area contributed by atoms with E-state index in [-0.39, 0.29) is 52.1 Å². The first-order valence-corrected chi connectivity index (χ1v) is 46.4. The molecule has 0 aliphatic heterocycles. The van der Waals surface area contributed by atoms with Gasteiger partial charge in [0.05, 0.1) is 79.9 Å². The van der Waals surface area contributed by atoms with Crippen LogP contribution in [0.25, 0.3) is 16.8 Å². The van der Waals surface area contributed by atoms with Gasteiger partial charge in [0, 0.05) is 11.8 Å². The first-order valence-electron chi connectivity index (χ1n) is 40.1. The number of alkyl halides is 12. The third kappa shape index (κ3) is 26.0. The molecule has 7 atom stereocenters. The Kier molecular flexibility index (Phi) is 30.0. The normalized spacial score (nSPS) is 22.1.